The average molecular weight is 463 g/mol. The number of anilines is 1. The number of hydrogen-bond donors (Lipinski definition) is 2. The molecule has 0 aliphatic heterocycles. The van der Waals surface area contributed by atoms with Crippen molar-refractivity contribution in [3.05, 3.63) is 83.4 Å². The van der Waals surface area contributed by atoms with Crippen molar-refractivity contribution >= 4 is 21.6 Å². The first-order valence-electron chi connectivity index (χ1n) is 10.1. The van der Waals surface area contributed by atoms with E-state index in [2.05, 4.69) is 20.2 Å². The van der Waals surface area contributed by atoms with Crippen LogP contribution in [0.2, 0.25) is 0 Å². The lowest BCUT2D eigenvalue weighted by Gasteiger charge is -2.10. The van der Waals surface area contributed by atoms with Gasteiger partial charge in [-0.3, -0.25) is 4.79 Å². The Labute approximate surface area is 191 Å². The van der Waals surface area contributed by atoms with Gasteiger partial charge in [0.2, 0.25) is 21.8 Å². The second-order valence-electron chi connectivity index (χ2n) is 7.50. The van der Waals surface area contributed by atoms with Gasteiger partial charge < -0.3 is 9.73 Å². The molecule has 0 aliphatic rings. The van der Waals surface area contributed by atoms with E-state index in [1.54, 1.807) is 43.3 Å². The summed E-state index contributed by atoms with van der Waals surface area (Å²) in [6, 6.07) is 19.2. The molecule has 0 radical (unpaired) electrons. The van der Waals surface area contributed by atoms with Crippen LogP contribution >= 0.6 is 0 Å². The number of hydrogen-bond acceptors (Lipinski definition) is 6. The monoisotopic (exact) mass is 462 g/mol. The zero-order chi connectivity index (χ0) is 23.6. The summed E-state index contributed by atoms with van der Waals surface area (Å²) >= 11 is 0. The largest absolute Gasteiger partial charge is 0.416 e. The number of sulfonamides is 1. The molecule has 0 aliphatic carbocycles. The van der Waals surface area contributed by atoms with Crippen LogP contribution < -0.4 is 10.0 Å². The molecule has 33 heavy (non-hydrogen) atoms. The summed E-state index contributed by atoms with van der Waals surface area (Å²) < 4.78 is 32.4. The molecule has 1 heterocycles. The number of benzene rings is 3. The van der Waals surface area contributed by atoms with E-state index in [1.807, 2.05) is 31.2 Å². The van der Waals surface area contributed by atoms with Gasteiger partial charge in [-0.25, -0.2) is 13.1 Å². The number of aromatic nitrogens is 2. The fourth-order valence-electron chi connectivity index (χ4n) is 3.28. The molecule has 0 spiro atoms. The fourth-order valence-corrected chi connectivity index (χ4v) is 4.27. The maximum atomic E-state index is 12.7. The molecule has 2 N–H and O–H groups in total. The van der Waals surface area contributed by atoms with Crippen LogP contribution in [0.5, 0.6) is 0 Å². The summed E-state index contributed by atoms with van der Waals surface area (Å²) in [5, 5.41) is 10.9. The Bertz CT molecular complexity index is 1430. The summed E-state index contributed by atoms with van der Waals surface area (Å²) in [5.41, 5.74) is 3.96. The number of carbonyl (C=O) groups excluding carboxylic acids is 1. The van der Waals surface area contributed by atoms with Crippen LogP contribution in [-0.4, -0.2) is 31.6 Å². The lowest BCUT2D eigenvalue weighted by Crippen LogP contribution is -2.20. The molecule has 0 saturated heterocycles. The number of aryl methyl sites for hydroxylation is 2. The van der Waals surface area contributed by atoms with Gasteiger partial charge in [-0.2, -0.15) is 0 Å². The number of nitrogens with one attached hydrogen (secondary N) is 2. The predicted molar refractivity (Wildman–Crippen MR) is 125 cm³/mol. The summed E-state index contributed by atoms with van der Waals surface area (Å²) in [6.07, 6.45) is 0. The molecule has 0 fully saturated rings. The summed E-state index contributed by atoms with van der Waals surface area (Å²) in [7, 11) is -2.29. The van der Waals surface area contributed by atoms with Gasteiger partial charge in [0.1, 0.15) is 0 Å². The van der Waals surface area contributed by atoms with Crippen LogP contribution in [0, 0.1) is 13.8 Å². The Kier molecular flexibility index (Phi) is 6.08. The number of amides is 1. The summed E-state index contributed by atoms with van der Waals surface area (Å²) in [6.45, 7) is 3.68. The zero-order valence-electron chi connectivity index (χ0n) is 18.3. The maximum absolute atomic E-state index is 12.7. The van der Waals surface area contributed by atoms with Crippen LogP contribution in [-0.2, 0) is 10.0 Å². The predicted octanol–water partition coefficient (Wildman–Crippen LogP) is 4.18. The van der Waals surface area contributed by atoms with Crippen molar-refractivity contribution in [2.75, 3.05) is 12.4 Å². The number of carbonyl (C=O) groups is 1. The van der Waals surface area contributed by atoms with E-state index in [9.17, 15) is 13.2 Å². The molecular formula is C24H22N4O4S. The highest BCUT2D eigenvalue weighted by Crippen LogP contribution is 2.25. The molecule has 3 aromatic carbocycles. The highest BCUT2D eigenvalue weighted by Gasteiger charge is 2.17. The topological polar surface area (TPSA) is 114 Å². The smallest absolute Gasteiger partial charge is 0.255 e. The molecule has 9 heteroatoms. The molecule has 0 atom stereocenters. The third-order valence-electron chi connectivity index (χ3n) is 5.09. The molecular weight excluding hydrogens is 440 g/mol. The van der Waals surface area contributed by atoms with Crippen molar-refractivity contribution in [3.63, 3.8) is 0 Å². The van der Waals surface area contributed by atoms with Crippen molar-refractivity contribution in [3.8, 4) is 22.9 Å². The van der Waals surface area contributed by atoms with Crippen LogP contribution in [0.1, 0.15) is 21.5 Å². The van der Waals surface area contributed by atoms with Gasteiger partial charge in [-0.15, -0.1) is 10.2 Å². The number of nitrogens with zero attached hydrogens (tertiary/aromatic N) is 2. The van der Waals surface area contributed by atoms with Crippen LogP contribution in [0.3, 0.4) is 0 Å². The third-order valence-corrected chi connectivity index (χ3v) is 6.64. The standard InChI is InChI=1S/C24H22N4O4S/c1-15-5-4-6-19(13-15)24-28-27-23(32-24)18-10-8-17(9-11-18)22(29)26-20-12-7-16(2)21(14-20)33(30,31)25-3/h4-14,25H,1-3H3,(H,26,29). The second-order valence-corrected chi connectivity index (χ2v) is 9.36. The minimum atomic E-state index is -3.63. The highest BCUT2D eigenvalue weighted by molar-refractivity contribution is 7.89. The molecule has 1 aromatic heterocycles. The van der Waals surface area contributed by atoms with Crippen molar-refractivity contribution in [2.45, 2.75) is 18.7 Å². The molecule has 0 bridgehead atoms. The van der Waals surface area contributed by atoms with Crippen molar-refractivity contribution < 1.29 is 17.6 Å². The molecule has 0 unspecified atom stereocenters. The minimum Gasteiger partial charge on any atom is -0.416 e. The Morgan fingerprint density at radius 2 is 1.58 bits per heavy atom. The molecule has 0 saturated carbocycles. The first-order valence-corrected chi connectivity index (χ1v) is 11.6. The third kappa shape index (κ3) is 4.84. The van der Waals surface area contributed by atoms with Crippen molar-refractivity contribution in [2.24, 2.45) is 0 Å². The van der Waals surface area contributed by atoms with Gasteiger partial charge in [0.05, 0.1) is 4.90 Å². The Hall–Kier alpha value is -3.82. The van der Waals surface area contributed by atoms with Crippen molar-refractivity contribution in [1.82, 2.24) is 14.9 Å². The minimum absolute atomic E-state index is 0.110. The van der Waals surface area contributed by atoms with Gasteiger partial charge >= 0.3 is 0 Å². The van der Waals surface area contributed by atoms with Gasteiger partial charge in [-0.05, 0) is 75.0 Å². The average Bonchev–Trinajstić information content (AvgIpc) is 3.31. The lowest BCUT2D eigenvalue weighted by atomic mass is 10.1. The van der Waals surface area contributed by atoms with E-state index >= 15 is 0 Å². The lowest BCUT2D eigenvalue weighted by molar-refractivity contribution is 0.102. The van der Waals surface area contributed by atoms with E-state index in [1.165, 1.54) is 13.1 Å². The Balaban J connectivity index is 1.51. The summed E-state index contributed by atoms with van der Waals surface area (Å²) in [4.78, 5) is 12.8. The van der Waals surface area contributed by atoms with Crippen LogP contribution in [0.4, 0.5) is 5.69 Å². The van der Waals surface area contributed by atoms with Gasteiger partial charge in [0.15, 0.2) is 0 Å². The van der Waals surface area contributed by atoms with E-state index in [0.29, 0.717) is 34.2 Å². The highest BCUT2D eigenvalue weighted by atomic mass is 32.2. The second kappa shape index (κ2) is 8.97. The van der Waals surface area contributed by atoms with Gasteiger partial charge in [-0.1, -0.05) is 23.8 Å². The molecule has 4 rings (SSSR count). The SMILES string of the molecule is CNS(=O)(=O)c1cc(NC(=O)c2ccc(-c3nnc(-c4cccc(C)c4)o3)cc2)ccc1C. The Morgan fingerprint density at radius 1 is 0.879 bits per heavy atom. The Morgan fingerprint density at radius 3 is 2.24 bits per heavy atom. The van der Waals surface area contributed by atoms with Gasteiger partial charge in [0.25, 0.3) is 5.91 Å². The van der Waals surface area contributed by atoms with E-state index in [4.69, 9.17) is 4.42 Å². The zero-order valence-corrected chi connectivity index (χ0v) is 19.1. The van der Waals surface area contributed by atoms with Crippen LogP contribution in [0.25, 0.3) is 22.9 Å². The first-order chi connectivity index (χ1) is 15.8. The fraction of sp³-hybridized carbons (Fsp3) is 0.125. The summed E-state index contributed by atoms with van der Waals surface area (Å²) in [5.74, 6) is 0.394. The van der Waals surface area contributed by atoms with Crippen LogP contribution in [0.15, 0.2) is 76.0 Å². The van der Waals surface area contributed by atoms with Crippen molar-refractivity contribution in [1.29, 1.82) is 0 Å². The van der Waals surface area contributed by atoms with E-state index in [-0.39, 0.29) is 10.8 Å². The molecule has 8 nitrogen and oxygen atoms in total. The van der Waals surface area contributed by atoms with E-state index in [0.717, 1.165) is 11.1 Å². The normalized spacial score (nSPS) is 11.4. The first kappa shape index (κ1) is 22.4. The molecule has 4 aromatic rings. The van der Waals surface area contributed by atoms with Gasteiger partial charge in [0, 0.05) is 22.4 Å². The number of rotatable bonds is 6. The molecule has 1 amide bonds. The molecule has 168 valence electrons. The maximum Gasteiger partial charge on any atom is 0.255 e. The van der Waals surface area contributed by atoms with E-state index < -0.39 is 10.0 Å². The quantitative estimate of drug-likeness (QED) is 0.444.